The molecular formula is C12H24IN3. The first kappa shape index (κ1) is 15.7. The highest BCUT2D eigenvalue weighted by Gasteiger charge is 2.23. The predicted octanol–water partition coefficient (Wildman–Crippen LogP) is 2.34. The zero-order valence-electron chi connectivity index (χ0n) is 10.6. The Hall–Kier alpha value is -0.260. The molecule has 1 rings (SSSR count). The summed E-state index contributed by atoms with van der Waals surface area (Å²) in [6, 6.07) is 0. The first-order valence-electron chi connectivity index (χ1n) is 5.73. The lowest BCUT2D eigenvalue weighted by molar-refractivity contribution is 0.209. The van der Waals surface area contributed by atoms with Crippen LogP contribution in [0, 0.1) is 11.8 Å². The minimum Gasteiger partial charge on any atom is -0.353 e. The highest BCUT2D eigenvalue weighted by atomic mass is 127. The van der Waals surface area contributed by atoms with Crippen LogP contribution in [0.4, 0.5) is 0 Å². The van der Waals surface area contributed by atoms with E-state index in [2.05, 4.69) is 35.6 Å². The first-order valence-corrected chi connectivity index (χ1v) is 5.73. The van der Waals surface area contributed by atoms with E-state index >= 15 is 0 Å². The van der Waals surface area contributed by atoms with Crippen molar-refractivity contribution in [3.8, 4) is 0 Å². The minimum absolute atomic E-state index is 0. The van der Waals surface area contributed by atoms with Gasteiger partial charge in [0, 0.05) is 26.7 Å². The molecule has 1 fully saturated rings. The molecule has 0 amide bonds. The number of hydrogen-bond acceptors (Lipinski definition) is 1. The van der Waals surface area contributed by atoms with E-state index in [0.717, 1.165) is 37.4 Å². The van der Waals surface area contributed by atoms with Crippen LogP contribution >= 0.6 is 24.0 Å². The van der Waals surface area contributed by atoms with Crippen LogP contribution < -0.4 is 5.32 Å². The SMILES string of the molecule is C=CCNC(=NC)N1CC(C)CC(C)C1.I. The molecule has 0 bridgehead atoms. The van der Waals surface area contributed by atoms with Crippen LogP contribution in [0.15, 0.2) is 17.6 Å². The van der Waals surface area contributed by atoms with Crippen molar-refractivity contribution in [2.45, 2.75) is 20.3 Å². The normalized spacial score (nSPS) is 25.9. The molecule has 3 nitrogen and oxygen atoms in total. The van der Waals surface area contributed by atoms with Gasteiger partial charge in [0.25, 0.3) is 0 Å². The standard InChI is InChI=1S/C12H23N3.HI/c1-5-6-14-12(13-4)15-8-10(2)7-11(3)9-15;/h5,10-11H,1,6-9H2,2-4H3,(H,13,14);1H. The molecule has 4 heteroatoms. The summed E-state index contributed by atoms with van der Waals surface area (Å²) in [5.41, 5.74) is 0. The van der Waals surface area contributed by atoms with E-state index in [0.29, 0.717) is 0 Å². The molecule has 0 aromatic heterocycles. The number of piperidine rings is 1. The molecule has 0 spiro atoms. The molecule has 0 aromatic rings. The maximum atomic E-state index is 4.30. The molecule has 0 saturated carbocycles. The van der Waals surface area contributed by atoms with Crippen LogP contribution in [-0.4, -0.2) is 37.5 Å². The summed E-state index contributed by atoms with van der Waals surface area (Å²) in [4.78, 5) is 6.65. The van der Waals surface area contributed by atoms with Crippen LogP contribution in [0.2, 0.25) is 0 Å². The Balaban J connectivity index is 0.00000225. The van der Waals surface area contributed by atoms with Crippen LogP contribution in [0.1, 0.15) is 20.3 Å². The van der Waals surface area contributed by atoms with Crippen molar-refractivity contribution in [2.75, 3.05) is 26.7 Å². The highest BCUT2D eigenvalue weighted by molar-refractivity contribution is 14.0. The molecule has 1 heterocycles. The van der Waals surface area contributed by atoms with Crippen molar-refractivity contribution in [1.29, 1.82) is 0 Å². The molecule has 94 valence electrons. The Labute approximate surface area is 116 Å². The van der Waals surface area contributed by atoms with Gasteiger partial charge in [-0.1, -0.05) is 19.9 Å². The van der Waals surface area contributed by atoms with Gasteiger partial charge in [0.1, 0.15) is 0 Å². The number of nitrogens with zero attached hydrogens (tertiary/aromatic N) is 2. The van der Waals surface area contributed by atoms with Crippen molar-refractivity contribution in [1.82, 2.24) is 10.2 Å². The van der Waals surface area contributed by atoms with Crippen molar-refractivity contribution < 1.29 is 0 Å². The summed E-state index contributed by atoms with van der Waals surface area (Å²) < 4.78 is 0. The highest BCUT2D eigenvalue weighted by Crippen LogP contribution is 2.20. The second-order valence-electron chi connectivity index (χ2n) is 4.57. The predicted molar refractivity (Wildman–Crippen MR) is 81.5 cm³/mol. The third kappa shape index (κ3) is 4.72. The van der Waals surface area contributed by atoms with Crippen molar-refractivity contribution in [3.05, 3.63) is 12.7 Å². The minimum atomic E-state index is 0. The molecule has 1 aliphatic rings. The van der Waals surface area contributed by atoms with Gasteiger partial charge in [0.15, 0.2) is 5.96 Å². The summed E-state index contributed by atoms with van der Waals surface area (Å²) in [7, 11) is 1.84. The number of guanidine groups is 1. The molecule has 0 radical (unpaired) electrons. The van der Waals surface area contributed by atoms with E-state index in [4.69, 9.17) is 0 Å². The molecule has 2 unspecified atom stereocenters. The summed E-state index contributed by atoms with van der Waals surface area (Å²) >= 11 is 0. The number of halogens is 1. The van der Waals surface area contributed by atoms with E-state index in [1.165, 1.54) is 6.42 Å². The van der Waals surface area contributed by atoms with Crippen LogP contribution in [0.5, 0.6) is 0 Å². The van der Waals surface area contributed by atoms with Gasteiger partial charge in [-0.2, -0.15) is 0 Å². The lowest BCUT2D eigenvalue weighted by Crippen LogP contribution is -2.48. The van der Waals surface area contributed by atoms with Gasteiger partial charge in [0.2, 0.25) is 0 Å². The Morgan fingerprint density at radius 1 is 1.44 bits per heavy atom. The van der Waals surface area contributed by atoms with Gasteiger partial charge in [-0.15, -0.1) is 30.6 Å². The van der Waals surface area contributed by atoms with Crippen LogP contribution in [0.25, 0.3) is 0 Å². The van der Waals surface area contributed by atoms with Crippen molar-refractivity contribution >= 4 is 29.9 Å². The molecule has 0 aliphatic carbocycles. The number of aliphatic imine (C=N–C) groups is 1. The number of hydrogen-bond donors (Lipinski definition) is 1. The van der Waals surface area contributed by atoms with Crippen LogP contribution in [-0.2, 0) is 0 Å². The number of nitrogens with one attached hydrogen (secondary N) is 1. The third-order valence-electron chi connectivity index (χ3n) is 2.78. The monoisotopic (exact) mass is 337 g/mol. The maximum Gasteiger partial charge on any atom is 0.193 e. The quantitative estimate of drug-likeness (QED) is 0.363. The molecular weight excluding hydrogens is 313 g/mol. The zero-order valence-corrected chi connectivity index (χ0v) is 12.9. The summed E-state index contributed by atoms with van der Waals surface area (Å²) in [5, 5.41) is 3.29. The van der Waals surface area contributed by atoms with Crippen molar-refractivity contribution in [2.24, 2.45) is 16.8 Å². The Morgan fingerprint density at radius 2 is 2.00 bits per heavy atom. The Morgan fingerprint density at radius 3 is 2.44 bits per heavy atom. The zero-order chi connectivity index (χ0) is 11.3. The topological polar surface area (TPSA) is 27.6 Å². The Bertz CT molecular complexity index is 230. The van der Waals surface area contributed by atoms with E-state index in [-0.39, 0.29) is 24.0 Å². The number of rotatable bonds is 2. The molecule has 1 saturated heterocycles. The molecule has 2 atom stereocenters. The molecule has 16 heavy (non-hydrogen) atoms. The average Bonchev–Trinajstić information content (AvgIpc) is 2.17. The maximum absolute atomic E-state index is 4.30. The van der Waals surface area contributed by atoms with Gasteiger partial charge in [-0.25, -0.2) is 0 Å². The lowest BCUT2D eigenvalue weighted by Gasteiger charge is -2.36. The first-order chi connectivity index (χ1) is 7.17. The van der Waals surface area contributed by atoms with E-state index in [1.807, 2.05) is 13.1 Å². The van der Waals surface area contributed by atoms with Gasteiger partial charge in [-0.05, 0) is 18.3 Å². The van der Waals surface area contributed by atoms with Crippen LogP contribution in [0.3, 0.4) is 0 Å². The number of likely N-dealkylation sites (tertiary alicyclic amines) is 1. The smallest absolute Gasteiger partial charge is 0.193 e. The third-order valence-corrected chi connectivity index (χ3v) is 2.78. The average molecular weight is 337 g/mol. The fourth-order valence-corrected chi connectivity index (χ4v) is 2.33. The fraction of sp³-hybridized carbons (Fsp3) is 0.750. The Kier molecular flexibility index (Phi) is 7.80. The molecule has 1 aliphatic heterocycles. The lowest BCUT2D eigenvalue weighted by atomic mass is 9.92. The van der Waals surface area contributed by atoms with E-state index in [1.54, 1.807) is 0 Å². The summed E-state index contributed by atoms with van der Waals surface area (Å²) in [6.07, 6.45) is 3.19. The molecule has 1 N–H and O–H groups in total. The van der Waals surface area contributed by atoms with E-state index in [9.17, 15) is 0 Å². The van der Waals surface area contributed by atoms with Gasteiger partial charge in [-0.3, -0.25) is 4.99 Å². The van der Waals surface area contributed by atoms with Gasteiger partial charge >= 0.3 is 0 Å². The largest absolute Gasteiger partial charge is 0.353 e. The fourth-order valence-electron chi connectivity index (χ4n) is 2.33. The summed E-state index contributed by atoms with van der Waals surface area (Å²) in [5.74, 6) is 2.53. The van der Waals surface area contributed by atoms with Gasteiger partial charge in [0.05, 0.1) is 0 Å². The van der Waals surface area contributed by atoms with Gasteiger partial charge < -0.3 is 10.2 Å². The second-order valence-corrected chi connectivity index (χ2v) is 4.57. The summed E-state index contributed by atoms with van der Waals surface area (Å²) in [6.45, 7) is 11.3. The van der Waals surface area contributed by atoms with Crippen molar-refractivity contribution in [3.63, 3.8) is 0 Å². The second kappa shape index (κ2) is 7.92. The molecule has 0 aromatic carbocycles. The van der Waals surface area contributed by atoms with E-state index < -0.39 is 0 Å².